The van der Waals surface area contributed by atoms with Crippen LogP contribution >= 0.6 is 15.6 Å². The molecule has 612 valence electrons. The number of phosphoric ester groups is 2. The molecule has 0 rings (SSSR count). The number of carbonyl (C=O) groups excluding carboxylic acids is 4. The van der Waals surface area contributed by atoms with Gasteiger partial charge >= 0.3 is 39.5 Å². The highest BCUT2D eigenvalue weighted by Crippen LogP contribution is 2.45. The van der Waals surface area contributed by atoms with Crippen molar-refractivity contribution >= 4 is 39.5 Å². The van der Waals surface area contributed by atoms with Gasteiger partial charge in [-0.3, -0.25) is 37.3 Å². The summed E-state index contributed by atoms with van der Waals surface area (Å²) in [6, 6.07) is 0. The van der Waals surface area contributed by atoms with Crippen molar-refractivity contribution in [3.05, 3.63) is 0 Å². The summed E-state index contributed by atoms with van der Waals surface area (Å²) in [6.45, 7) is 14.3. The van der Waals surface area contributed by atoms with Gasteiger partial charge in [0, 0.05) is 25.7 Å². The standard InChI is InChI=1S/C84H164O17P2/c1-74(2)60-52-44-36-28-22-18-14-11-9-10-12-16-21-25-32-42-50-58-66-83(88)100-79(70-94-81(86)64-56-48-40-31-24-20-17-13-15-19-23-29-37-45-53-61-75(3)4)72-98-102(90,91)96-68-78(85)69-97-103(92,93)99-73-80(71-95-82(87)65-57-49-41-35-34-39-47-55-63-77(7)8)101-84(89)67-59-51-43-33-27-26-30-38-46-54-62-76(5)6/h74-80,85H,9-73H2,1-8H3,(H,90,91)(H,92,93)/t78?,79-,80-/m1/s1. The van der Waals surface area contributed by atoms with E-state index < -0.39 is 97.5 Å². The summed E-state index contributed by atoms with van der Waals surface area (Å²) in [4.78, 5) is 73.1. The van der Waals surface area contributed by atoms with E-state index in [1.807, 2.05) is 0 Å². The average molecular weight is 1510 g/mol. The molecule has 3 unspecified atom stereocenters. The molecule has 0 amide bonds. The SMILES string of the molecule is CC(C)CCCCCCCCCCCCCCCCCCCCC(=O)O[C@H](COC(=O)CCCCCCCCCCCCCCCCCC(C)C)COP(=O)(O)OCC(O)COP(=O)(O)OC[C@@H](COC(=O)CCCCCCCCCCC(C)C)OC(=O)CCCCCCCCCCCCC(C)C. The number of phosphoric acid groups is 2. The van der Waals surface area contributed by atoms with Crippen molar-refractivity contribution in [2.45, 2.75) is 453 Å². The minimum Gasteiger partial charge on any atom is -0.462 e. The fourth-order valence-corrected chi connectivity index (χ4v) is 14.5. The van der Waals surface area contributed by atoms with Crippen molar-refractivity contribution in [1.82, 2.24) is 0 Å². The molecule has 0 bridgehead atoms. The van der Waals surface area contributed by atoms with Crippen molar-refractivity contribution in [3.8, 4) is 0 Å². The topological polar surface area (TPSA) is 237 Å². The van der Waals surface area contributed by atoms with Crippen LogP contribution in [-0.4, -0.2) is 96.7 Å². The fraction of sp³-hybridized carbons (Fsp3) is 0.952. The van der Waals surface area contributed by atoms with Crippen molar-refractivity contribution in [3.63, 3.8) is 0 Å². The monoisotopic (exact) mass is 1510 g/mol. The lowest BCUT2D eigenvalue weighted by Crippen LogP contribution is -2.30. The molecule has 19 heteroatoms. The molecule has 0 aromatic heterocycles. The number of ether oxygens (including phenoxy) is 4. The number of unbranched alkanes of at least 4 members (excludes halogenated alkanes) is 47. The maximum absolute atomic E-state index is 13.1. The third-order valence-electron chi connectivity index (χ3n) is 19.6. The summed E-state index contributed by atoms with van der Waals surface area (Å²) in [6.07, 6.45) is 61.2. The number of rotatable bonds is 81. The van der Waals surface area contributed by atoms with Crippen LogP contribution < -0.4 is 0 Å². The van der Waals surface area contributed by atoms with Gasteiger partial charge < -0.3 is 33.8 Å². The number of aliphatic hydroxyl groups is 1. The molecule has 0 saturated carbocycles. The second-order valence-electron chi connectivity index (χ2n) is 32.1. The third-order valence-corrected chi connectivity index (χ3v) is 21.5. The van der Waals surface area contributed by atoms with E-state index in [9.17, 15) is 43.2 Å². The van der Waals surface area contributed by atoms with Gasteiger partial charge in [0.05, 0.1) is 26.4 Å². The second-order valence-corrected chi connectivity index (χ2v) is 35.0. The number of hydrogen-bond acceptors (Lipinski definition) is 15. The molecule has 0 spiro atoms. The lowest BCUT2D eigenvalue weighted by Gasteiger charge is -2.21. The number of carbonyl (C=O) groups is 4. The minimum absolute atomic E-state index is 0.105. The van der Waals surface area contributed by atoms with Crippen molar-refractivity contribution in [1.29, 1.82) is 0 Å². The van der Waals surface area contributed by atoms with E-state index >= 15 is 0 Å². The molecule has 0 aliphatic rings. The molecule has 103 heavy (non-hydrogen) atoms. The van der Waals surface area contributed by atoms with Gasteiger partial charge in [-0.15, -0.1) is 0 Å². The first-order chi connectivity index (χ1) is 49.6. The Morgan fingerprint density at radius 1 is 0.243 bits per heavy atom. The molecular weight excluding hydrogens is 1340 g/mol. The highest BCUT2D eigenvalue weighted by Gasteiger charge is 2.30. The van der Waals surface area contributed by atoms with E-state index in [4.69, 9.17) is 37.0 Å². The molecule has 5 atom stereocenters. The molecule has 0 aromatic carbocycles. The second kappa shape index (κ2) is 72.9. The Morgan fingerprint density at radius 3 is 0.602 bits per heavy atom. The minimum atomic E-state index is -4.97. The van der Waals surface area contributed by atoms with E-state index in [2.05, 4.69) is 55.4 Å². The zero-order chi connectivity index (χ0) is 76.0. The Labute approximate surface area is 632 Å². The lowest BCUT2D eigenvalue weighted by atomic mass is 10.0. The molecular formula is C84H164O17P2. The third kappa shape index (κ3) is 78.0. The van der Waals surface area contributed by atoms with Crippen LogP contribution in [0.2, 0.25) is 0 Å². The summed E-state index contributed by atoms with van der Waals surface area (Å²) in [5.74, 6) is 0.994. The van der Waals surface area contributed by atoms with Gasteiger partial charge in [-0.2, -0.15) is 0 Å². The summed E-state index contributed by atoms with van der Waals surface area (Å²) < 4.78 is 68.8. The highest BCUT2D eigenvalue weighted by molar-refractivity contribution is 7.47. The number of esters is 4. The van der Waals surface area contributed by atoms with Gasteiger partial charge in [-0.1, -0.05) is 383 Å². The molecule has 0 aliphatic heterocycles. The molecule has 3 N–H and O–H groups in total. The van der Waals surface area contributed by atoms with Crippen LogP contribution in [0.15, 0.2) is 0 Å². The zero-order valence-electron chi connectivity index (χ0n) is 68.0. The van der Waals surface area contributed by atoms with E-state index in [0.717, 1.165) is 114 Å². The van der Waals surface area contributed by atoms with Gasteiger partial charge in [-0.05, 0) is 49.4 Å². The molecule has 0 aromatic rings. The van der Waals surface area contributed by atoms with E-state index in [-0.39, 0.29) is 25.7 Å². The maximum atomic E-state index is 13.1. The number of hydrogen-bond donors (Lipinski definition) is 3. The highest BCUT2D eigenvalue weighted by atomic mass is 31.2. The van der Waals surface area contributed by atoms with Crippen LogP contribution in [0.25, 0.3) is 0 Å². The Kier molecular flexibility index (Phi) is 71.5. The Balaban J connectivity index is 5.23. The summed E-state index contributed by atoms with van der Waals surface area (Å²) in [5.41, 5.74) is 0. The Hall–Kier alpha value is -1.94. The van der Waals surface area contributed by atoms with Crippen molar-refractivity contribution in [2.24, 2.45) is 23.7 Å². The van der Waals surface area contributed by atoms with Crippen LogP contribution in [0.4, 0.5) is 0 Å². The van der Waals surface area contributed by atoms with Crippen LogP contribution in [0.1, 0.15) is 434 Å². The summed E-state index contributed by atoms with van der Waals surface area (Å²) in [5, 5.41) is 10.7. The van der Waals surface area contributed by atoms with Gasteiger partial charge in [0.1, 0.15) is 19.3 Å². The first-order valence-electron chi connectivity index (χ1n) is 43.2. The lowest BCUT2D eigenvalue weighted by molar-refractivity contribution is -0.161. The van der Waals surface area contributed by atoms with Crippen molar-refractivity contribution < 1.29 is 80.2 Å². The molecule has 0 aliphatic carbocycles. The average Bonchev–Trinajstić information content (AvgIpc) is 0.923. The first kappa shape index (κ1) is 101. The smallest absolute Gasteiger partial charge is 0.462 e. The fourth-order valence-electron chi connectivity index (χ4n) is 13.0. The Morgan fingerprint density at radius 2 is 0.408 bits per heavy atom. The molecule has 0 radical (unpaired) electrons. The molecule has 0 heterocycles. The van der Waals surface area contributed by atoms with Gasteiger partial charge in [0.25, 0.3) is 0 Å². The van der Waals surface area contributed by atoms with E-state index in [1.165, 1.54) is 238 Å². The van der Waals surface area contributed by atoms with Crippen LogP contribution in [0.5, 0.6) is 0 Å². The molecule has 0 saturated heterocycles. The van der Waals surface area contributed by atoms with Crippen LogP contribution in [0, 0.1) is 23.7 Å². The molecule has 0 fully saturated rings. The van der Waals surface area contributed by atoms with Gasteiger partial charge in [-0.25, -0.2) is 9.13 Å². The first-order valence-corrected chi connectivity index (χ1v) is 46.2. The van der Waals surface area contributed by atoms with E-state index in [1.54, 1.807) is 0 Å². The normalized spacial score (nSPS) is 14.0. The van der Waals surface area contributed by atoms with Crippen molar-refractivity contribution in [2.75, 3.05) is 39.6 Å². The summed E-state index contributed by atoms with van der Waals surface area (Å²) >= 11 is 0. The zero-order valence-corrected chi connectivity index (χ0v) is 69.7. The van der Waals surface area contributed by atoms with Gasteiger partial charge in [0.15, 0.2) is 12.2 Å². The maximum Gasteiger partial charge on any atom is 0.472 e. The van der Waals surface area contributed by atoms with Crippen LogP contribution in [-0.2, 0) is 65.4 Å². The predicted molar refractivity (Wildman–Crippen MR) is 423 cm³/mol. The molecule has 17 nitrogen and oxygen atoms in total. The van der Waals surface area contributed by atoms with Gasteiger partial charge in [0.2, 0.25) is 0 Å². The Bertz CT molecular complexity index is 2010. The van der Waals surface area contributed by atoms with E-state index in [0.29, 0.717) is 25.7 Å². The largest absolute Gasteiger partial charge is 0.472 e. The predicted octanol–water partition coefficient (Wildman–Crippen LogP) is 25.2. The van der Waals surface area contributed by atoms with Crippen LogP contribution in [0.3, 0.4) is 0 Å². The quantitative estimate of drug-likeness (QED) is 0.0222. The summed E-state index contributed by atoms with van der Waals surface area (Å²) in [7, 11) is -9.93. The number of aliphatic hydroxyl groups excluding tert-OH is 1.